The highest BCUT2D eigenvalue weighted by Gasteiger charge is 2.22. The lowest BCUT2D eigenvalue weighted by Gasteiger charge is -2.27. The van der Waals surface area contributed by atoms with Gasteiger partial charge in [-0.05, 0) is 24.3 Å². The number of amides is 1. The highest BCUT2D eigenvalue weighted by molar-refractivity contribution is 5.95. The summed E-state index contributed by atoms with van der Waals surface area (Å²) in [6.07, 6.45) is 1.43. The summed E-state index contributed by atoms with van der Waals surface area (Å²) in [5.74, 6) is -0.428. The fraction of sp³-hybridized carbons (Fsp3) is 0.174. The molecule has 1 fully saturated rings. The number of nitrogens with two attached hydrogens (primary N) is 1. The van der Waals surface area contributed by atoms with E-state index in [9.17, 15) is 9.18 Å². The molecule has 10 heteroatoms. The van der Waals surface area contributed by atoms with E-state index in [2.05, 4.69) is 25.5 Å². The monoisotopic (exact) mass is 445 g/mol. The van der Waals surface area contributed by atoms with Crippen LogP contribution in [-0.2, 0) is 0 Å². The van der Waals surface area contributed by atoms with Crippen LogP contribution in [0, 0.1) is 5.82 Å². The first-order valence-corrected chi connectivity index (χ1v) is 10.4. The van der Waals surface area contributed by atoms with E-state index in [1.54, 1.807) is 11.0 Å². The van der Waals surface area contributed by atoms with Crippen LogP contribution in [0.5, 0.6) is 0 Å². The fourth-order valence-electron chi connectivity index (χ4n) is 3.60. The molecule has 9 nitrogen and oxygen atoms in total. The predicted octanol–water partition coefficient (Wildman–Crippen LogP) is 2.63. The SMILES string of the molecule is Nc1ncc(-c2ccc(C(=O)N3CCNCC3)c(F)c2)nc1-c1nnc(-c2ccccc2)o1. The van der Waals surface area contributed by atoms with Crippen LogP contribution in [0.25, 0.3) is 34.3 Å². The molecule has 0 atom stereocenters. The van der Waals surface area contributed by atoms with Crippen LogP contribution in [0.3, 0.4) is 0 Å². The van der Waals surface area contributed by atoms with Crippen molar-refractivity contribution in [3.05, 3.63) is 66.1 Å². The summed E-state index contributed by atoms with van der Waals surface area (Å²) in [4.78, 5) is 22.9. The molecule has 5 rings (SSSR count). The second kappa shape index (κ2) is 8.75. The number of rotatable bonds is 4. The highest BCUT2D eigenvalue weighted by Crippen LogP contribution is 2.28. The molecule has 4 aromatic rings. The normalized spacial score (nSPS) is 13.8. The third kappa shape index (κ3) is 4.15. The number of anilines is 1. The lowest BCUT2D eigenvalue weighted by atomic mass is 10.1. The van der Waals surface area contributed by atoms with Gasteiger partial charge in [0.15, 0.2) is 11.5 Å². The minimum Gasteiger partial charge on any atom is -0.414 e. The van der Waals surface area contributed by atoms with Gasteiger partial charge in [-0.2, -0.15) is 0 Å². The minimum atomic E-state index is -0.625. The smallest absolute Gasteiger partial charge is 0.270 e. The van der Waals surface area contributed by atoms with E-state index in [-0.39, 0.29) is 28.9 Å². The second-order valence-electron chi connectivity index (χ2n) is 7.50. The van der Waals surface area contributed by atoms with E-state index in [0.717, 1.165) is 5.56 Å². The van der Waals surface area contributed by atoms with Gasteiger partial charge in [0.05, 0.1) is 17.5 Å². The van der Waals surface area contributed by atoms with Crippen molar-refractivity contribution in [1.29, 1.82) is 0 Å². The molecule has 1 saturated heterocycles. The summed E-state index contributed by atoms with van der Waals surface area (Å²) in [6.45, 7) is 2.47. The number of nitrogen functional groups attached to an aromatic ring is 1. The number of hydrogen-bond acceptors (Lipinski definition) is 8. The Balaban J connectivity index is 1.44. The lowest BCUT2D eigenvalue weighted by molar-refractivity contribution is 0.0731. The number of halogens is 1. The Bertz CT molecular complexity index is 1300. The van der Waals surface area contributed by atoms with Crippen LogP contribution >= 0.6 is 0 Å². The van der Waals surface area contributed by atoms with E-state index in [1.807, 2.05) is 30.3 Å². The number of hydrogen-bond donors (Lipinski definition) is 2. The molecule has 3 N–H and O–H groups in total. The maximum atomic E-state index is 14.9. The van der Waals surface area contributed by atoms with Crippen LogP contribution < -0.4 is 11.1 Å². The molecule has 1 aliphatic heterocycles. The third-order valence-corrected chi connectivity index (χ3v) is 5.35. The first kappa shape index (κ1) is 20.7. The Morgan fingerprint density at radius 3 is 2.55 bits per heavy atom. The number of carbonyl (C=O) groups is 1. The molecule has 1 aliphatic rings. The zero-order valence-corrected chi connectivity index (χ0v) is 17.5. The molecule has 33 heavy (non-hydrogen) atoms. The first-order chi connectivity index (χ1) is 16.1. The summed E-state index contributed by atoms with van der Waals surface area (Å²) < 4.78 is 20.6. The van der Waals surface area contributed by atoms with Gasteiger partial charge < -0.3 is 20.4 Å². The van der Waals surface area contributed by atoms with Crippen molar-refractivity contribution < 1.29 is 13.6 Å². The number of nitrogens with one attached hydrogen (secondary N) is 1. The molecule has 3 heterocycles. The Morgan fingerprint density at radius 2 is 1.79 bits per heavy atom. The molecule has 0 radical (unpaired) electrons. The molecular formula is C23H20FN7O2. The van der Waals surface area contributed by atoms with Crippen molar-refractivity contribution in [2.75, 3.05) is 31.9 Å². The van der Waals surface area contributed by atoms with Crippen molar-refractivity contribution in [1.82, 2.24) is 30.4 Å². The van der Waals surface area contributed by atoms with Crippen molar-refractivity contribution >= 4 is 11.7 Å². The number of aromatic nitrogens is 4. The minimum absolute atomic E-state index is 0.0219. The molecule has 2 aromatic carbocycles. The van der Waals surface area contributed by atoms with Gasteiger partial charge in [-0.1, -0.05) is 24.3 Å². The van der Waals surface area contributed by atoms with Crippen molar-refractivity contribution in [2.24, 2.45) is 0 Å². The second-order valence-corrected chi connectivity index (χ2v) is 7.50. The molecule has 0 unspecified atom stereocenters. The van der Waals surface area contributed by atoms with Crippen LogP contribution in [0.4, 0.5) is 10.2 Å². The van der Waals surface area contributed by atoms with Crippen LogP contribution in [0.2, 0.25) is 0 Å². The van der Waals surface area contributed by atoms with Crippen molar-refractivity contribution in [3.8, 4) is 34.3 Å². The van der Waals surface area contributed by atoms with Gasteiger partial charge in [0, 0.05) is 37.3 Å². The molecule has 0 bridgehead atoms. The Labute approximate surface area is 188 Å². The summed E-state index contributed by atoms with van der Waals surface area (Å²) >= 11 is 0. The predicted molar refractivity (Wildman–Crippen MR) is 119 cm³/mol. The standard InChI is InChI=1S/C23H20FN7O2/c24-17-12-15(6-7-16(17)23(32)31-10-8-26-9-11-31)18-13-27-20(25)19(28-18)22-30-29-21(33-22)14-4-2-1-3-5-14/h1-7,12-13,26H,8-11H2,(H2,25,27). The first-order valence-electron chi connectivity index (χ1n) is 10.4. The maximum absolute atomic E-state index is 14.9. The quantitative estimate of drug-likeness (QED) is 0.491. The number of nitrogens with zero attached hydrogens (tertiary/aromatic N) is 5. The van der Waals surface area contributed by atoms with E-state index >= 15 is 0 Å². The summed E-state index contributed by atoms with van der Waals surface area (Å²) in [5.41, 5.74) is 7.77. The summed E-state index contributed by atoms with van der Waals surface area (Å²) in [7, 11) is 0. The molecule has 2 aromatic heterocycles. The number of carbonyl (C=O) groups excluding carboxylic acids is 1. The topological polar surface area (TPSA) is 123 Å². The van der Waals surface area contributed by atoms with E-state index < -0.39 is 5.82 Å². The zero-order chi connectivity index (χ0) is 22.8. The van der Waals surface area contributed by atoms with Crippen LogP contribution in [-0.4, -0.2) is 57.2 Å². The zero-order valence-electron chi connectivity index (χ0n) is 17.5. The fourth-order valence-corrected chi connectivity index (χ4v) is 3.60. The van der Waals surface area contributed by atoms with Gasteiger partial charge in [0.2, 0.25) is 5.89 Å². The summed E-state index contributed by atoms with van der Waals surface area (Å²) in [6, 6.07) is 13.7. The molecule has 0 spiro atoms. The average molecular weight is 445 g/mol. The average Bonchev–Trinajstić information content (AvgIpc) is 3.35. The lowest BCUT2D eigenvalue weighted by Crippen LogP contribution is -2.46. The van der Waals surface area contributed by atoms with Gasteiger partial charge >= 0.3 is 0 Å². The van der Waals surface area contributed by atoms with E-state index in [4.69, 9.17) is 10.2 Å². The number of benzene rings is 2. The Morgan fingerprint density at radius 1 is 1.03 bits per heavy atom. The van der Waals surface area contributed by atoms with Gasteiger partial charge in [-0.15, -0.1) is 10.2 Å². The molecule has 0 aliphatic carbocycles. The van der Waals surface area contributed by atoms with Crippen LogP contribution in [0.1, 0.15) is 10.4 Å². The van der Waals surface area contributed by atoms with Crippen LogP contribution in [0.15, 0.2) is 59.1 Å². The molecule has 0 saturated carbocycles. The van der Waals surface area contributed by atoms with Gasteiger partial charge in [0.25, 0.3) is 11.8 Å². The molecule has 166 valence electrons. The largest absolute Gasteiger partial charge is 0.414 e. The Hall–Kier alpha value is -4.18. The van der Waals surface area contributed by atoms with Gasteiger partial charge in [0.1, 0.15) is 5.82 Å². The van der Waals surface area contributed by atoms with E-state index in [1.165, 1.54) is 18.3 Å². The van der Waals surface area contributed by atoms with Gasteiger partial charge in [-0.3, -0.25) is 4.79 Å². The van der Waals surface area contributed by atoms with Crippen molar-refractivity contribution in [3.63, 3.8) is 0 Å². The third-order valence-electron chi connectivity index (χ3n) is 5.35. The van der Waals surface area contributed by atoms with Crippen molar-refractivity contribution in [2.45, 2.75) is 0 Å². The van der Waals surface area contributed by atoms with E-state index in [0.29, 0.717) is 43.3 Å². The number of piperazine rings is 1. The maximum Gasteiger partial charge on any atom is 0.270 e. The van der Waals surface area contributed by atoms with Gasteiger partial charge in [-0.25, -0.2) is 14.4 Å². The Kier molecular flexibility index (Phi) is 5.49. The highest BCUT2D eigenvalue weighted by atomic mass is 19.1. The molecular weight excluding hydrogens is 425 g/mol. The molecule has 1 amide bonds. The summed E-state index contributed by atoms with van der Waals surface area (Å²) in [5, 5.41) is 11.3.